The number of hydrogen-bond donors (Lipinski definition) is 5. The molecule has 4 aromatic rings. The number of hydrogen-bond acceptors (Lipinski definition) is 14. The van der Waals surface area contributed by atoms with Crippen LogP contribution in [-0.2, 0) is 36.1 Å². The Hall–Kier alpha value is -2.73. The zero-order valence-electron chi connectivity index (χ0n) is 35.9. The Balaban J connectivity index is 0. The van der Waals surface area contributed by atoms with Crippen molar-refractivity contribution in [3.63, 3.8) is 0 Å². The minimum absolute atomic E-state index is 0. The maximum atomic E-state index is 12.3. The topological polar surface area (TPSA) is 258 Å². The molecule has 0 unspecified atom stereocenters. The van der Waals surface area contributed by atoms with Gasteiger partial charge in [0, 0.05) is 25.3 Å². The molecule has 2 aliphatic rings. The Morgan fingerprint density at radius 1 is 0.661 bits per heavy atom. The van der Waals surface area contributed by atoms with Gasteiger partial charge in [0.15, 0.2) is 0 Å². The first-order chi connectivity index (χ1) is 29.0. The Labute approximate surface area is 454 Å². The number of carbonyl (C=O) groups excluding carboxylic acids is 5. The minimum Gasteiger partial charge on any atom is -1.00 e. The number of fused-ring (bicyclic) bond motifs is 2. The van der Waals surface area contributed by atoms with Gasteiger partial charge in [-0.15, -0.1) is 0 Å². The van der Waals surface area contributed by atoms with Crippen LogP contribution >= 0.6 is 15.9 Å². The predicted molar refractivity (Wildman–Crippen MR) is 219 cm³/mol. The second-order valence-corrected chi connectivity index (χ2v) is 13.4. The summed E-state index contributed by atoms with van der Waals surface area (Å²) in [6.07, 6.45) is 3.12. The molecule has 0 bridgehead atoms. The third-order valence-electron chi connectivity index (χ3n) is 8.40. The number of halogens is 1. The van der Waals surface area contributed by atoms with Gasteiger partial charge in [0.2, 0.25) is 0 Å². The summed E-state index contributed by atoms with van der Waals surface area (Å²) >= 11 is 3.33. The molecule has 6 rings (SSSR count). The first kappa shape index (κ1) is 59.3. The van der Waals surface area contributed by atoms with E-state index in [1.165, 1.54) is 28.9 Å². The first-order valence-electron chi connectivity index (χ1n) is 18.5. The van der Waals surface area contributed by atoms with Crippen molar-refractivity contribution in [1.29, 1.82) is 5.26 Å². The van der Waals surface area contributed by atoms with E-state index in [2.05, 4.69) is 20.8 Å². The van der Waals surface area contributed by atoms with E-state index < -0.39 is 0 Å². The molecular formula is C43H48BrK2N3O13. The minimum atomic E-state index is -0.241. The van der Waals surface area contributed by atoms with Crippen molar-refractivity contribution in [3.05, 3.63) is 129 Å². The van der Waals surface area contributed by atoms with Gasteiger partial charge < -0.3 is 41.8 Å². The molecule has 2 aliphatic heterocycles. The number of aromatic hydroxyl groups is 1. The Bertz CT molecular complexity index is 1980. The van der Waals surface area contributed by atoms with Crippen LogP contribution in [0.15, 0.2) is 84.9 Å². The van der Waals surface area contributed by atoms with Crippen molar-refractivity contribution >= 4 is 46.0 Å². The summed E-state index contributed by atoms with van der Waals surface area (Å²) in [5, 5.41) is 61.5. The first-order valence-corrected chi connectivity index (χ1v) is 19.6. The summed E-state index contributed by atoms with van der Waals surface area (Å²) in [6.45, 7) is 2.05. The molecule has 5 N–H and O–H groups in total. The van der Waals surface area contributed by atoms with Crippen LogP contribution in [0.1, 0.15) is 97.7 Å². The third kappa shape index (κ3) is 19.2. The molecule has 0 radical (unpaired) electrons. The van der Waals surface area contributed by atoms with Crippen LogP contribution in [0, 0.1) is 11.3 Å². The van der Waals surface area contributed by atoms with E-state index in [0.29, 0.717) is 82.8 Å². The standard InChI is InChI=1S/C20H21NO5.C12H12BrNO2.C8H10O3.C2H3N.CH2O3.2K.H/c22-12-14-9-15(13-23)11-16(10-14)26-8-4-3-7-21-19(24)17-5-1-2-6-18(17)20(21)25;13-7-3-4-8-14-11(15)9-5-1-2-6-10(9)12(14)16;9-4-6-1-7(5-10)3-8(11)2-6;1-2-3;2-1-4-3;;;/h1-2,5-6,9-11,22-23H,3-4,7-8,12-13H2;1-2,5-6H,3-4,7-8H2;1-3,9-11H,4-5H2;1H3;1,3H;;;/q;;;;;2*+1;-1/p-1. The van der Waals surface area contributed by atoms with E-state index in [0.717, 1.165) is 18.2 Å². The molecule has 322 valence electrons. The van der Waals surface area contributed by atoms with Gasteiger partial charge in [0.25, 0.3) is 30.1 Å². The molecule has 16 nitrogen and oxygen atoms in total. The monoisotopic (exact) mass is 971 g/mol. The Kier molecular flexibility index (Phi) is 32.3. The SMILES string of the molecule is CC#N.O=C1c2ccccc2C(=O)N1CCCCBr.O=C1c2ccccc2C(=O)N1CCCCOc1cc(CO)cc(CO)c1.O=CO[O-].OCc1cc(O)cc(CO)c1.[H-].[K+].[K+]. The summed E-state index contributed by atoms with van der Waals surface area (Å²) in [6, 6.07) is 25.3. The van der Waals surface area contributed by atoms with Gasteiger partial charge in [0.1, 0.15) is 11.5 Å². The van der Waals surface area contributed by atoms with Crippen LogP contribution < -0.4 is 113 Å². The normalized spacial score (nSPS) is 11.5. The third-order valence-corrected chi connectivity index (χ3v) is 8.96. The van der Waals surface area contributed by atoms with Gasteiger partial charge >= 0.3 is 103 Å². The predicted octanol–water partition coefficient (Wildman–Crippen LogP) is -1.95. The number of phenols is 1. The Morgan fingerprint density at radius 2 is 0.984 bits per heavy atom. The fourth-order valence-electron chi connectivity index (χ4n) is 5.73. The quantitative estimate of drug-likeness (QED) is 0.0165. The van der Waals surface area contributed by atoms with E-state index >= 15 is 0 Å². The number of imide groups is 2. The van der Waals surface area contributed by atoms with Crippen molar-refractivity contribution in [2.75, 3.05) is 25.0 Å². The number of aliphatic hydroxyl groups is 4. The number of amides is 4. The van der Waals surface area contributed by atoms with Crippen LogP contribution in [0.25, 0.3) is 0 Å². The molecule has 0 atom stereocenters. The van der Waals surface area contributed by atoms with Crippen LogP contribution in [-0.4, -0.2) is 90.5 Å². The number of ether oxygens (including phenoxy) is 1. The summed E-state index contributed by atoms with van der Waals surface area (Å²) in [7, 11) is 0. The number of alkyl halides is 1. The van der Waals surface area contributed by atoms with E-state index in [-0.39, 0.29) is 166 Å². The molecule has 19 heteroatoms. The zero-order valence-corrected chi connectivity index (χ0v) is 42.7. The molecule has 2 heterocycles. The molecule has 4 amide bonds. The van der Waals surface area contributed by atoms with Gasteiger partial charge in [-0.3, -0.25) is 33.8 Å². The molecule has 0 spiro atoms. The second kappa shape index (κ2) is 33.7. The number of carbonyl (C=O) groups is 5. The van der Waals surface area contributed by atoms with E-state index in [1.807, 2.05) is 0 Å². The van der Waals surface area contributed by atoms with Crippen molar-refractivity contribution < 1.29 is 169 Å². The molecule has 0 aliphatic carbocycles. The van der Waals surface area contributed by atoms with Crippen molar-refractivity contribution in [2.45, 2.75) is 59.0 Å². The molecule has 62 heavy (non-hydrogen) atoms. The van der Waals surface area contributed by atoms with Crippen LogP contribution in [0.4, 0.5) is 0 Å². The van der Waals surface area contributed by atoms with Crippen LogP contribution in [0.3, 0.4) is 0 Å². The number of unbranched alkanes of at least 4 members (excludes halogenated alkanes) is 2. The van der Waals surface area contributed by atoms with Crippen LogP contribution in [0.5, 0.6) is 11.5 Å². The number of phenolic OH excluding ortho intramolecular Hbond substituents is 1. The van der Waals surface area contributed by atoms with Crippen LogP contribution in [0.2, 0.25) is 0 Å². The van der Waals surface area contributed by atoms with Gasteiger partial charge in [-0.2, -0.15) is 5.26 Å². The number of nitrogens with zero attached hydrogens (tertiary/aromatic N) is 3. The average molecular weight is 973 g/mol. The molecule has 0 saturated carbocycles. The summed E-state index contributed by atoms with van der Waals surface area (Å²) in [5.41, 5.74) is 4.56. The maximum absolute atomic E-state index is 12.3. The summed E-state index contributed by atoms with van der Waals surface area (Å²) in [5.74, 6) is -0.142. The number of nitriles is 1. The summed E-state index contributed by atoms with van der Waals surface area (Å²) < 4.78 is 5.66. The van der Waals surface area contributed by atoms with Gasteiger partial charge in [-0.1, -0.05) is 52.3 Å². The van der Waals surface area contributed by atoms with Crippen molar-refractivity contribution in [1.82, 2.24) is 9.80 Å². The van der Waals surface area contributed by atoms with Crippen molar-refractivity contribution in [2.24, 2.45) is 0 Å². The molecule has 0 aromatic heterocycles. The zero-order chi connectivity index (χ0) is 44.5. The number of benzene rings is 4. The average Bonchev–Trinajstić information content (AvgIpc) is 3.66. The van der Waals surface area contributed by atoms with E-state index in [1.54, 1.807) is 78.9 Å². The summed E-state index contributed by atoms with van der Waals surface area (Å²) in [4.78, 5) is 62.2. The van der Waals surface area contributed by atoms with Gasteiger partial charge in [-0.05, 0) is 96.5 Å². The smallest absolute Gasteiger partial charge is 1.00 e. The molecule has 0 fully saturated rings. The van der Waals surface area contributed by atoms with Gasteiger partial charge in [0.05, 0.1) is 61.4 Å². The number of rotatable bonds is 15. The largest absolute Gasteiger partial charge is 1.00 e. The van der Waals surface area contributed by atoms with Gasteiger partial charge in [-0.25, -0.2) is 0 Å². The van der Waals surface area contributed by atoms with E-state index in [4.69, 9.17) is 35.4 Å². The van der Waals surface area contributed by atoms with Crippen molar-refractivity contribution in [3.8, 4) is 17.6 Å². The van der Waals surface area contributed by atoms with E-state index in [9.17, 15) is 29.4 Å². The molecular weight excluding hydrogens is 925 g/mol. The fraction of sp³-hybridized carbons (Fsp3) is 0.302. The molecule has 4 aromatic carbocycles. The Morgan fingerprint density at radius 3 is 1.29 bits per heavy atom. The maximum Gasteiger partial charge on any atom is 1.00 e. The second-order valence-electron chi connectivity index (χ2n) is 12.6. The fourth-order valence-corrected chi connectivity index (χ4v) is 6.13. The molecule has 0 saturated heterocycles. The number of aliphatic hydroxyl groups excluding tert-OH is 4.